The van der Waals surface area contributed by atoms with E-state index in [0.717, 1.165) is 25.9 Å². The molecule has 3 aromatic carbocycles. The summed E-state index contributed by atoms with van der Waals surface area (Å²) in [6, 6.07) is 17.2. The molecule has 0 aliphatic carbocycles. The number of carbonyl (C=O) groups is 1. The van der Waals surface area contributed by atoms with Crippen LogP contribution in [0, 0.1) is 17.6 Å². The van der Waals surface area contributed by atoms with E-state index in [1.54, 1.807) is 36.4 Å². The predicted molar refractivity (Wildman–Crippen MR) is 130 cm³/mol. The van der Waals surface area contributed by atoms with E-state index in [0.29, 0.717) is 28.3 Å². The van der Waals surface area contributed by atoms with Crippen molar-refractivity contribution in [1.82, 2.24) is 10.6 Å². The minimum atomic E-state index is -0.500. The standard InChI is InChI=1S/C27H27ClF2N2O2/c28-23-6-2-4-8-26(23)34-16-13-25(32-27(33)18-11-14-31-15-12-18)21-10-9-19(29)17-22(21)20-5-1-3-7-24(20)30/h1-10,17-18,25,31H,11-16H2,(H,32,33)/t25-/m1/s1. The Morgan fingerprint density at radius 2 is 1.76 bits per heavy atom. The van der Waals surface area contributed by atoms with E-state index in [1.165, 1.54) is 18.2 Å². The zero-order chi connectivity index (χ0) is 23.9. The molecule has 0 aromatic heterocycles. The molecule has 1 amide bonds. The SMILES string of the molecule is O=C(N[C@H](CCOc1ccccc1Cl)c1ccc(F)cc1-c1ccccc1F)C1CCNCC1. The van der Waals surface area contributed by atoms with Crippen LogP contribution in [0.5, 0.6) is 5.75 Å². The first-order valence-corrected chi connectivity index (χ1v) is 11.8. The van der Waals surface area contributed by atoms with E-state index >= 15 is 0 Å². The lowest BCUT2D eigenvalue weighted by Gasteiger charge is -2.27. The highest BCUT2D eigenvalue weighted by atomic mass is 35.5. The second-order valence-electron chi connectivity index (χ2n) is 8.36. The minimum absolute atomic E-state index is 0.0620. The third kappa shape index (κ3) is 5.93. The van der Waals surface area contributed by atoms with Crippen molar-refractivity contribution < 1.29 is 18.3 Å². The van der Waals surface area contributed by atoms with Gasteiger partial charge in [-0.2, -0.15) is 0 Å². The van der Waals surface area contributed by atoms with Crippen molar-refractivity contribution >= 4 is 17.5 Å². The van der Waals surface area contributed by atoms with Gasteiger partial charge < -0.3 is 15.4 Å². The van der Waals surface area contributed by atoms with Crippen LogP contribution in [0.4, 0.5) is 8.78 Å². The van der Waals surface area contributed by atoms with Gasteiger partial charge in [0.25, 0.3) is 0 Å². The number of halogens is 3. The number of carbonyl (C=O) groups excluding carboxylic acids is 1. The Bertz CT molecular complexity index is 1140. The first kappa shape index (κ1) is 24.2. The van der Waals surface area contributed by atoms with Crippen molar-refractivity contribution in [3.8, 4) is 16.9 Å². The number of benzene rings is 3. The molecule has 0 radical (unpaired) electrons. The molecule has 4 nitrogen and oxygen atoms in total. The molecule has 0 bridgehead atoms. The number of amides is 1. The summed E-state index contributed by atoms with van der Waals surface area (Å²) in [5.41, 5.74) is 1.33. The van der Waals surface area contributed by atoms with E-state index in [1.807, 2.05) is 12.1 Å². The number of hydrogen-bond donors (Lipinski definition) is 2. The number of nitrogens with one attached hydrogen (secondary N) is 2. The molecule has 0 spiro atoms. The Kier molecular flexibility index (Phi) is 8.14. The van der Waals surface area contributed by atoms with Gasteiger partial charge in [0.1, 0.15) is 17.4 Å². The van der Waals surface area contributed by atoms with Crippen LogP contribution in [0.25, 0.3) is 11.1 Å². The van der Waals surface area contributed by atoms with Crippen molar-refractivity contribution in [2.45, 2.75) is 25.3 Å². The number of para-hydroxylation sites is 1. The smallest absolute Gasteiger partial charge is 0.223 e. The van der Waals surface area contributed by atoms with Gasteiger partial charge in [-0.3, -0.25) is 4.79 Å². The minimum Gasteiger partial charge on any atom is -0.492 e. The first-order valence-electron chi connectivity index (χ1n) is 11.5. The molecule has 3 aromatic rings. The average Bonchev–Trinajstić information content (AvgIpc) is 2.85. The van der Waals surface area contributed by atoms with Gasteiger partial charge in [-0.05, 0) is 67.4 Å². The molecule has 1 fully saturated rings. The second kappa shape index (κ2) is 11.4. The number of rotatable bonds is 8. The van der Waals surface area contributed by atoms with E-state index in [4.69, 9.17) is 16.3 Å². The lowest BCUT2D eigenvalue weighted by atomic mass is 9.91. The highest BCUT2D eigenvalue weighted by molar-refractivity contribution is 6.32. The monoisotopic (exact) mass is 484 g/mol. The van der Waals surface area contributed by atoms with Crippen LogP contribution in [0.3, 0.4) is 0 Å². The van der Waals surface area contributed by atoms with Gasteiger partial charge in [0.2, 0.25) is 5.91 Å². The fraction of sp³-hybridized carbons (Fsp3) is 0.296. The molecule has 7 heteroatoms. The third-order valence-electron chi connectivity index (χ3n) is 6.08. The molecule has 1 atom stereocenters. The van der Waals surface area contributed by atoms with E-state index in [-0.39, 0.29) is 24.0 Å². The highest BCUT2D eigenvalue weighted by Gasteiger charge is 2.26. The Balaban J connectivity index is 1.62. The van der Waals surface area contributed by atoms with Crippen molar-refractivity contribution in [3.05, 3.63) is 89.0 Å². The third-order valence-corrected chi connectivity index (χ3v) is 6.39. The van der Waals surface area contributed by atoms with Gasteiger partial charge >= 0.3 is 0 Å². The summed E-state index contributed by atoms with van der Waals surface area (Å²) < 4.78 is 34.8. The molecule has 2 N–H and O–H groups in total. The van der Waals surface area contributed by atoms with E-state index < -0.39 is 17.7 Å². The summed E-state index contributed by atoms with van der Waals surface area (Å²) in [5.74, 6) is -0.553. The molecule has 178 valence electrons. The van der Waals surface area contributed by atoms with Crippen LogP contribution >= 0.6 is 11.6 Å². The molecule has 1 heterocycles. The highest BCUT2D eigenvalue weighted by Crippen LogP contribution is 2.33. The van der Waals surface area contributed by atoms with Gasteiger partial charge in [-0.25, -0.2) is 8.78 Å². The van der Waals surface area contributed by atoms with E-state index in [9.17, 15) is 13.6 Å². The second-order valence-corrected chi connectivity index (χ2v) is 8.77. The van der Waals surface area contributed by atoms with Gasteiger partial charge in [-0.15, -0.1) is 0 Å². The zero-order valence-corrected chi connectivity index (χ0v) is 19.5. The summed E-state index contributed by atoms with van der Waals surface area (Å²) in [6.45, 7) is 1.83. The summed E-state index contributed by atoms with van der Waals surface area (Å²) >= 11 is 6.20. The van der Waals surface area contributed by atoms with Crippen LogP contribution in [0.1, 0.15) is 30.9 Å². The number of ether oxygens (including phenoxy) is 1. The Hall–Kier alpha value is -2.96. The van der Waals surface area contributed by atoms with Crippen molar-refractivity contribution in [1.29, 1.82) is 0 Å². The molecule has 0 unspecified atom stereocenters. The van der Waals surface area contributed by atoms with Gasteiger partial charge in [0, 0.05) is 17.9 Å². The quantitative estimate of drug-likeness (QED) is 0.418. The Morgan fingerprint density at radius 1 is 1.03 bits per heavy atom. The molecule has 1 saturated heterocycles. The maximum absolute atomic E-state index is 14.7. The lowest BCUT2D eigenvalue weighted by Crippen LogP contribution is -2.40. The predicted octanol–water partition coefficient (Wildman–Crippen LogP) is 5.91. The molecule has 34 heavy (non-hydrogen) atoms. The maximum Gasteiger partial charge on any atom is 0.223 e. The van der Waals surface area contributed by atoms with Crippen molar-refractivity contribution in [3.63, 3.8) is 0 Å². The normalized spacial score (nSPS) is 15.0. The lowest BCUT2D eigenvalue weighted by molar-refractivity contribution is -0.126. The topological polar surface area (TPSA) is 50.4 Å². The molecular weight excluding hydrogens is 458 g/mol. The van der Waals surface area contributed by atoms with Crippen molar-refractivity contribution in [2.75, 3.05) is 19.7 Å². The fourth-order valence-corrected chi connectivity index (χ4v) is 4.46. The summed E-state index contributed by atoms with van der Waals surface area (Å²) in [7, 11) is 0. The molecule has 1 aliphatic rings. The van der Waals surface area contributed by atoms with Crippen LogP contribution in [0.2, 0.25) is 5.02 Å². The molecule has 4 rings (SSSR count). The first-order chi connectivity index (χ1) is 16.5. The van der Waals surface area contributed by atoms with Gasteiger partial charge in [0.05, 0.1) is 17.7 Å². The zero-order valence-electron chi connectivity index (χ0n) is 18.7. The van der Waals surface area contributed by atoms with Gasteiger partial charge in [0.15, 0.2) is 0 Å². The van der Waals surface area contributed by atoms with Gasteiger partial charge in [-0.1, -0.05) is 48.0 Å². The summed E-state index contributed by atoms with van der Waals surface area (Å²) in [5, 5.41) is 6.88. The fourth-order valence-electron chi connectivity index (χ4n) is 4.27. The summed E-state index contributed by atoms with van der Waals surface area (Å²) in [6.07, 6.45) is 1.89. The van der Waals surface area contributed by atoms with Crippen LogP contribution in [-0.4, -0.2) is 25.6 Å². The molecule has 1 aliphatic heterocycles. The maximum atomic E-state index is 14.7. The number of piperidine rings is 1. The number of hydrogen-bond acceptors (Lipinski definition) is 3. The van der Waals surface area contributed by atoms with E-state index in [2.05, 4.69) is 10.6 Å². The van der Waals surface area contributed by atoms with Crippen LogP contribution < -0.4 is 15.4 Å². The summed E-state index contributed by atoms with van der Waals surface area (Å²) in [4.78, 5) is 13.1. The van der Waals surface area contributed by atoms with Crippen LogP contribution in [-0.2, 0) is 4.79 Å². The molecular formula is C27H27ClF2N2O2. The Morgan fingerprint density at radius 3 is 2.53 bits per heavy atom. The Labute approximate surface area is 203 Å². The largest absolute Gasteiger partial charge is 0.492 e. The van der Waals surface area contributed by atoms with Crippen molar-refractivity contribution in [2.24, 2.45) is 5.92 Å². The molecule has 0 saturated carbocycles. The average molecular weight is 485 g/mol. The van der Waals surface area contributed by atoms with Crippen LogP contribution in [0.15, 0.2) is 66.7 Å².